The summed E-state index contributed by atoms with van der Waals surface area (Å²) in [7, 11) is 0. The van der Waals surface area contributed by atoms with Crippen molar-refractivity contribution in [2.24, 2.45) is 0 Å². The topological polar surface area (TPSA) is 40.2 Å². The fourth-order valence-corrected chi connectivity index (χ4v) is 1.25. The zero-order valence-electron chi connectivity index (χ0n) is 7.38. The van der Waals surface area contributed by atoms with Crippen LogP contribution in [0.25, 0.3) is 11.4 Å². The number of aromatic amines is 1. The predicted octanol–water partition coefficient (Wildman–Crippen LogP) is 2.17. The maximum absolute atomic E-state index is 12.6. The summed E-state index contributed by atoms with van der Waals surface area (Å²) in [5.41, 5.74) is -0.770. The zero-order valence-corrected chi connectivity index (χ0v) is 7.38. The van der Waals surface area contributed by atoms with Gasteiger partial charge >= 0.3 is 18.4 Å². The van der Waals surface area contributed by atoms with Gasteiger partial charge in [0.05, 0.1) is 11.1 Å². The molecule has 0 bridgehead atoms. The van der Waals surface area contributed by atoms with E-state index in [0.29, 0.717) is 0 Å². The molecule has 1 aromatic heterocycles. The van der Waals surface area contributed by atoms with Gasteiger partial charge in [-0.25, -0.2) is 9.51 Å². The predicted molar refractivity (Wildman–Crippen MR) is 43.5 cm³/mol. The Morgan fingerprint density at radius 3 is 2.53 bits per heavy atom. The fraction of sp³-hybridized carbons (Fsp3) is 0.111. The lowest BCUT2D eigenvalue weighted by Gasteiger charge is -2.07. The Morgan fingerprint density at radius 2 is 1.93 bits per heavy atom. The van der Waals surface area contributed by atoms with E-state index >= 15 is 0 Å². The van der Waals surface area contributed by atoms with Crippen LogP contribution in [0.5, 0.6) is 0 Å². The van der Waals surface area contributed by atoms with E-state index in [0.717, 1.165) is 12.5 Å². The van der Waals surface area contributed by atoms with Gasteiger partial charge in [-0.2, -0.15) is 13.2 Å². The van der Waals surface area contributed by atoms with E-state index in [1.165, 1.54) is 18.2 Å². The third kappa shape index (κ3) is 1.83. The lowest BCUT2D eigenvalue weighted by molar-refractivity contribution is -0.371. The van der Waals surface area contributed by atoms with E-state index in [4.69, 9.17) is 0 Å². The summed E-state index contributed by atoms with van der Waals surface area (Å²) >= 11 is 0. The summed E-state index contributed by atoms with van der Waals surface area (Å²) in [4.78, 5) is 2.49. The van der Waals surface area contributed by atoms with Crippen LogP contribution in [0.1, 0.15) is 5.56 Å². The minimum Gasteiger partial charge on any atom is -0.221 e. The molecule has 0 radical (unpaired) electrons. The fourth-order valence-electron chi connectivity index (χ4n) is 1.25. The maximum Gasteiger partial charge on any atom is 0.417 e. The number of hydrogen-bond acceptors (Lipinski definition) is 2. The van der Waals surface area contributed by atoms with Crippen molar-refractivity contribution in [3.63, 3.8) is 0 Å². The molecule has 2 rings (SSSR count). The van der Waals surface area contributed by atoms with Gasteiger partial charge in [-0.1, -0.05) is 12.1 Å². The Morgan fingerprint density at radius 1 is 1.20 bits per heavy atom. The second kappa shape index (κ2) is 3.38. The molecule has 1 heterocycles. The number of rotatable bonds is 1. The molecule has 0 atom stereocenters. The number of aromatic nitrogens is 2. The molecular formula is C9H6F3N2O+. The van der Waals surface area contributed by atoms with Crippen molar-refractivity contribution in [1.29, 1.82) is 0 Å². The number of benzene rings is 1. The maximum atomic E-state index is 12.6. The van der Waals surface area contributed by atoms with Crippen LogP contribution in [0.3, 0.4) is 0 Å². The highest BCUT2D eigenvalue weighted by molar-refractivity contribution is 5.58. The summed E-state index contributed by atoms with van der Waals surface area (Å²) in [6.45, 7) is 0. The molecule has 1 N–H and O–H groups in total. The largest absolute Gasteiger partial charge is 0.417 e. The van der Waals surface area contributed by atoms with Crippen molar-refractivity contribution in [2.45, 2.75) is 6.18 Å². The second-order valence-electron chi connectivity index (χ2n) is 2.85. The molecule has 0 aliphatic heterocycles. The van der Waals surface area contributed by atoms with Crippen LogP contribution >= 0.6 is 0 Å². The summed E-state index contributed by atoms with van der Waals surface area (Å²) in [5, 5.41) is 3.43. The van der Waals surface area contributed by atoms with Gasteiger partial charge in [0.2, 0.25) is 0 Å². The number of hydrogen-bond donors (Lipinski definition) is 0. The Labute approximate surface area is 82.5 Å². The lowest BCUT2D eigenvalue weighted by Crippen LogP contribution is -2.10. The van der Waals surface area contributed by atoms with Gasteiger partial charge in [0.15, 0.2) is 5.16 Å². The quantitative estimate of drug-likeness (QED) is 0.731. The molecule has 15 heavy (non-hydrogen) atoms. The number of halogens is 3. The molecule has 6 heteroatoms. The van der Waals surface area contributed by atoms with Gasteiger partial charge in [0.25, 0.3) is 0 Å². The van der Waals surface area contributed by atoms with Crippen molar-refractivity contribution < 1.29 is 22.7 Å². The average molecular weight is 215 g/mol. The van der Waals surface area contributed by atoms with Gasteiger partial charge in [0.1, 0.15) is 0 Å². The Balaban J connectivity index is 2.58. The summed E-state index contributed by atoms with van der Waals surface area (Å²) in [6.07, 6.45) is -3.29. The molecule has 0 spiro atoms. The molecule has 0 aliphatic carbocycles. The second-order valence-corrected chi connectivity index (χ2v) is 2.85. The minimum atomic E-state index is -4.40. The van der Waals surface area contributed by atoms with Crippen molar-refractivity contribution in [1.82, 2.24) is 5.16 Å². The third-order valence-electron chi connectivity index (χ3n) is 1.88. The summed E-state index contributed by atoms with van der Waals surface area (Å²) in [5.74, 6) is 0.0583. The molecule has 1 aromatic carbocycles. The standard InChI is InChI=1S/C9H5F3N2O/c10-9(11,12)7-4-2-1-3-6(7)8-13-5-15-14-8/h1-5H/p+1. The summed E-state index contributed by atoms with van der Waals surface area (Å²) < 4.78 is 42.2. The van der Waals surface area contributed by atoms with Gasteiger partial charge in [0, 0.05) is 0 Å². The van der Waals surface area contributed by atoms with Crippen LogP contribution in [0, 0.1) is 0 Å². The van der Waals surface area contributed by atoms with Gasteiger partial charge in [-0.3, -0.25) is 0 Å². The Hall–Kier alpha value is -1.85. The number of nitrogens with zero attached hydrogens (tertiary/aromatic N) is 1. The van der Waals surface area contributed by atoms with E-state index in [2.05, 4.69) is 14.7 Å². The van der Waals surface area contributed by atoms with E-state index in [-0.39, 0.29) is 11.4 Å². The first kappa shape index (κ1) is 9.70. The first-order chi connectivity index (χ1) is 7.09. The molecule has 0 fully saturated rings. The van der Waals surface area contributed by atoms with Crippen LogP contribution in [0.15, 0.2) is 35.2 Å². The molecule has 0 amide bonds. The number of alkyl halides is 3. The first-order valence-electron chi connectivity index (χ1n) is 4.07. The average Bonchev–Trinajstić information content (AvgIpc) is 2.69. The van der Waals surface area contributed by atoms with Gasteiger partial charge in [-0.15, -0.1) is 0 Å². The Kier molecular flexibility index (Phi) is 2.18. The van der Waals surface area contributed by atoms with Gasteiger partial charge < -0.3 is 0 Å². The lowest BCUT2D eigenvalue weighted by atomic mass is 10.1. The molecule has 0 aliphatic rings. The molecule has 0 unspecified atom stereocenters. The van der Waals surface area contributed by atoms with E-state index in [1.54, 1.807) is 0 Å². The van der Waals surface area contributed by atoms with Crippen LogP contribution in [-0.2, 0) is 6.18 Å². The van der Waals surface area contributed by atoms with Gasteiger partial charge in [-0.05, 0) is 12.1 Å². The molecular weight excluding hydrogens is 209 g/mol. The molecule has 0 saturated heterocycles. The van der Waals surface area contributed by atoms with Crippen LogP contribution in [0.4, 0.5) is 13.2 Å². The normalized spacial score (nSPS) is 11.7. The SMILES string of the molecule is FC(F)(F)c1ccccc1-c1noc[nH+]1. The first-order valence-corrected chi connectivity index (χ1v) is 4.07. The molecule has 2 aromatic rings. The third-order valence-corrected chi connectivity index (χ3v) is 1.88. The van der Waals surface area contributed by atoms with Crippen LogP contribution < -0.4 is 4.98 Å². The van der Waals surface area contributed by atoms with Crippen LogP contribution in [0.2, 0.25) is 0 Å². The van der Waals surface area contributed by atoms with E-state index < -0.39 is 11.7 Å². The summed E-state index contributed by atoms with van der Waals surface area (Å²) in [6, 6.07) is 5.16. The minimum absolute atomic E-state index is 0.0289. The number of nitrogens with one attached hydrogen (secondary N) is 1. The highest BCUT2D eigenvalue weighted by Gasteiger charge is 2.35. The van der Waals surface area contributed by atoms with E-state index in [9.17, 15) is 13.2 Å². The Bertz CT molecular complexity index is 451. The monoisotopic (exact) mass is 215 g/mol. The van der Waals surface area contributed by atoms with Crippen molar-refractivity contribution in [2.75, 3.05) is 0 Å². The number of H-pyrrole nitrogens is 1. The van der Waals surface area contributed by atoms with Crippen molar-refractivity contribution in [3.8, 4) is 11.4 Å². The molecule has 3 nitrogen and oxygen atoms in total. The van der Waals surface area contributed by atoms with Crippen molar-refractivity contribution in [3.05, 3.63) is 36.2 Å². The van der Waals surface area contributed by atoms with Crippen LogP contribution in [-0.4, -0.2) is 5.16 Å². The molecule has 0 saturated carbocycles. The van der Waals surface area contributed by atoms with E-state index in [1.807, 2.05) is 0 Å². The smallest absolute Gasteiger partial charge is 0.221 e. The highest BCUT2D eigenvalue weighted by Crippen LogP contribution is 2.34. The zero-order chi connectivity index (χ0) is 10.9. The highest BCUT2D eigenvalue weighted by atomic mass is 19.4. The molecule has 78 valence electrons. The van der Waals surface area contributed by atoms with Crippen molar-refractivity contribution >= 4 is 0 Å².